The highest BCUT2D eigenvalue weighted by Crippen LogP contribution is 2.37. The molecule has 0 spiro atoms. The molecule has 1 nitrogen and oxygen atoms in total. The Morgan fingerprint density at radius 2 is 0.750 bits per heavy atom. The third-order valence-electron chi connectivity index (χ3n) is 4.72. The maximum atomic E-state index is 7.25. The number of hydrogen-bond donors (Lipinski definition) is 0. The van der Waals surface area contributed by atoms with Crippen LogP contribution < -0.4 is 0 Å². The lowest BCUT2D eigenvalue weighted by atomic mass is 9.86. The summed E-state index contributed by atoms with van der Waals surface area (Å²) in [6, 6.07) is 39.3. The standard InChI is InChI=1S/C27H19N/c1-28-25-19-17-24(18-20-25)27(23-15-9-4-10-16-23)26(21-11-5-2-6-12-21)22-13-7-3-8-14-22/h2-20H. The number of rotatable bonds is 4. The fraction of sp³-hybridized carbons (Fsp3) is 0. The molecule has 132 valence electrons. The number of nitrogens with zero attached hydrogens (tertiary/aromatic N) is 1. The Hall–Kier alpha value is -3.89. The summed E-state index contributed by atoms with van der Waals surface area (Å²) in [4.78, 5) is 3.54. The average Bonchev–Trinajstić information content (AvgIpc) is 2.79. The van der Waals surface area contributed by atoms with Crippen molar-refractivity contribution in [1.82, 2.24) is 0 Å². The number of benzene rings is 4. The van der Waals surface area contributed by atoms with E-state index in [0.29, 0.717) is 5.69 Å². The molecular formula is C27H19N. The summed E-state index contributed by atoms with van der Waals surface area (Å²) < 4.78 is 0. The van der Waals surface area contributed by atoms with Gasteiger partial charge in [-0.3, -0.25) is 0 Å². The predicted octanol–water partition coefficient (Wildman–Crippen LogP) is 7.24. The van der Waals surface area contributed by atoms with Crippen molar-refractivity contribution < 1.29 is 0 Å². The highest BCUT2D eigenvalue weighted by Gasteiger charge is 2.15. The topological polar surface area (TPSA) is 4.36 Å². The lowest BCUT2D eigenvalue weighted by Gasteiger charge is -2.18. The molecule has 0 bridgehead atoms. The van der Waals surface area contributed by atoms with Gasteiger partial charge in [-0.1, -0.05) is 115 Å². The lowest BCUT2D eigenvalue weighted by Crippen LogP contribution is -1.97. The van der Waals surface area contributed by atoms with E-state index in [0.717, 1.165) is 16.7 Å². The van der Waals surface area contributed by atoms with Gasteiger partial charge in [-0.15, -0.1) is 0 Å². The van der Waals surface area contributed by atoms with Gasteiger partial charge in [0.05, 0.1) is 6.57 Å². The fourth-order valence-corrected chi connectivity index (χ4v) is 3.43. The van der Waals surface area contributed by atoms with Crippen LogP contribution >= 0.6 is 0 Å². The molecule has 4 aromatic rings. The molecule has 0 aliphatic heterocycles. The van der Waals surface area contributed by atoms with E-state index in [4.69, 9.17) is 6.57 Å². The van der Waals surface area contributed by atoms with E-state index in [9.17, 15) is 0 Å². The van der Waals surface area contributed by atoms with Gasteiger partial charge in [0.1, 0.15) is 0 Å². The van der Waals surface area contributed by atoms with Crippen LogP contribution in [-0.4, -0.2) is 0 Å². The molecule has 1 heteroatoms. The summed E-state index contributed by atoms with van der Waals surface area (Å²) in [6.45, 7) is 7.25. The summed E-state index contributed by atoms with van der Waals surface area (Å²) in [5.74, 6) is 0. The first-order valence-corrected chi connectivity index (χ1v) is 9.25. The molecule has 0 aliphatic rings. The minimum absolute atomic E-state index is 0.650. The van der Waals surface area contributed by atoms with Crippen molar-refractivity contribution in [2.75, 3.05) is 0 Å². The van der Waals surface area contributed by atoms with E-state index in [2.05, 4.69) is 77.6 Å². The van der Waals surface area contributed by atoms with Gasteiger partial charge in [-0.2, -0.15) is 0 Å². The van der Waals surface area contributed by atoms with Crippen molar-refractivity contribution in [2.24, 2.45) is 0 Å². The molecule has 0 unspecified atom stereocenters. The van der Waals surface area contributed by atoms with Crippen molar-refractivity contribution in [2.45, 2.75) is 0 Å². The monoisotopic (exact) mass is 357 g/mol. The molecule has 0 aliphatic carbocycles. The van der Waals surface area contributed by atoms with Gasteiger partial charge in [-0.05, 0) is 33.4 Å². The second kappa shape index (κ2) is 8.20. The molecule has 0 amide bonds. The van der Waals surface area contributed by atoms with Crippen molar-refractivity contribution >= 4 is 16.8 Å². The van der Waals surface area contributed by atoms with E-state index in [1.807, 2.05) is 42.5 Å². The van der Waals surface area contributed by atoms with E-state index < -0.39 is 0 Å². The van der Waals surface area contributed by atoms with Gasteiger partial charge in [-0.25, -0.2) is 4.85 Å². The Bertz CT molecular complexity index is 1080. The molecule has 28 heavy (non-hydrogen) atoms. The van der Waals surface area contributed by atoms with Crippen molar-refractivity contribution in [3.8, 4) is 0 Å². The highest BCUT2D eigenvalue weighted by molar-refractivity contribution is 6.04. The number of hydrogen-bond acceptors (Lipinski definition) is 0. The maximum absolute atomic E-state index is 7.25. The van der Waals surface area contributed by atoms with E-state index >= 15 is 0 Å². The van der Waals surface area contributed by atoms with Crippen molar-refractivity contribution in [1.29, 1.82) is 0 Å². The van der Waals surface area contributed by atoms with Crippen LogP contribution in [0.25, 0.3) is 16.0 Å². The zero-order chi connectivity index (χ0) is 19.2. The first kappa shape index (κ1) is 17.5. The maximum Gasteiger partial charge on any atom is 0.187 e. The first-order valence-electron chi connectivity index (χ1n) is 9.25. The van der Waals surface area contributed by atoms with Crippen molar-refractivity contribution in [3.05, 3.63) is 149 Å². The summed E-state index contributed by atoms with van der Waals surface area (Å²) in [7, 11) is 0. The van der Waals surface area contributed by atoms with Gasteiger partial charge in [0.2, 0.25) is 0 Å². The lowest BCUT2D eigenvalue weighted by molar-refractivity contribution is 1.50. The van der Waals surface area contributed by atoms with E-state index in [-0.39, 0.29) is 0 Å². The molecule has 0 atom stereocenters. The average molecular weight is 357 g/mol. The minimum atomic E-state index is 0.650. The van der Waals surface area contributed by atoms with Gasteiger partial charge >= 0.3 is 0 Å². The molecule has 4 rings (SSSR count). The van der Waals surface area contributed by atoms with Crippen LogP contribution in [0, 0.1) is 6.57 Å². The summed E-state index contributed by atoms with van der Waals surface area (Å²) >= 11 is 0. The van der Waals surface area contributed by atoms with E-state index in [1.165, 1.54) is 16.7 Å². The molecular weight excluding hydrogens is 338 g/mol. The molecule has 0 N–H and O–H groups in total. The Kier molecular flexibility index (Phi) is 5.13. The molecule has 0 saturated heterocycles. The van der Waals surface area contributed by atoms with Crippen LogP contribution in [0.15, 0.2) is 115 Å². The van der Waals surface area contributed by atoms with Gasteiger partial charge in [0.15, 0.2) is 5.69 Å². The van der Waals surface area contributed by atoms with Gasteiger partial charge in [0.25, 0.3) is 0 Å². The molecule has 0 saturated carbocycles. The summed E-state index contributed by atoms with van der Waals surface area (Å²) in [5.41, 5.74) is 7.58. The molecule has 4 aromatic carbocycles. The van der Waals surface area contributed by atoms with Crippen LogP contribution in [-0.2, 0) is 0 Å². The zero-order valence-corrected chi connectivity index (χ0v) is 15.4. The second-order valence-corrected chi connectivity index (χ2v) is 6.51. The summed E-state index contributed by atoms with van der Waals surface area (Å²) in [5, 5.41) is 0. The third-order valence-corrected chi connectivity index (χ3v) is 4.72. The Morgan fingerprint density at radius 3 is 1.07 bits per heavy atom. The Labute approximate surface area is 166 Å². The molecule has 0 aromatic heterocycles. The molecule has 0 fully saturated rings. The minimum Gasteiger partial charge on any atom is -0.238 e. The molecule has 0 radical (unpaired) electrons. The van der Waals surface area contributed by atoms with Gasteiger partial charge < -0.3 is 0 Å². The van der Waals surface area contributed by atoms with E-state index in [1.54, 1.807) is 0 Å². The quantitative estimate of drug-likeness (QED) is 0.268. The van der Waals surface area contributed by atoms with Crippen LogP contribution in [0.1, 0.15) is 22.3 Å². The zero-order valence-electron chi connectivity index (χ0n) is 15.4. The Morgan fingerprint density at radius 1 is 0.429 bits per heavy atom. The van der Waals surface area contributed by atoms with Crippen LogP contribution in [0.3, 0.4) is 0 Å². The Balaban J connectivity index is 2.07. The first-order chi connectivity index (χ1) is 13.9. The molecule has 0 heterocycles. The largest absolute Gasteiger partial charge is 0.238 e. The second-order valence-electron chi connectivity index (χ2n) is 6.51. The normalized spacial score (nSPS) is 10.1. The van der Waals surface area contributed by atoms with Crippen LogP contribution in [0.2, 0.25) is 0 Å². The van der Waals surface area contributed by atoms with Crippen LogP contribution in [0.5, 0.6) is 0 Å². The highest BCUT2D eigenvalue weighted by atomic mass is 14.6. The van der Waals surface area contributed by atoms with Crippen molar-refractivity contribution in [3.63, 3.8) is 0 Å². The fourth-order valence-electron chi connectivity index (χ4n) is 3.43. The predicted molar refractivity (Wildman–Crippen MR) is 117 cm³/mol. The smallest absolute Gasteiger partial charge is 0.187 e. The van der Waals surface area contributed by atoms with Gasteiger partial charge in [0, 0.05) is 0 Å². The summed E-state index contributed by atoms with van der Waals surface area (Å²) in [6.07, 6.45) is 0. The third kappa shape index (κ3) is 3.63. The SMILES string of the molecule is [C-]#[N+]c1ccc(C(=C(c2ccccc2)c2ccccc2)c2ccccc2)cc1. The van der Waals surface area contributed by atoms with Crippen LogP contribution in [0.4, 0.5) is 5.69 Å².